The normalized spacial score (nSPS) is 17.6. The number of aliphatic carboxylic acids is 1. The number of fused-ring (bicyclic) bond motifs is 2. The molecule has 2 aromatic carbocycles. The molecule has 2 aromatic rings. The molecule has 4 N–H and O–H groups in total. The quantitative estimate of drug-likeness (QED) is 0.259. The Morgan fingerprint density at radius 1 is 0.857 bits per heavy atom. The first-order chi connectivity index (χ1) is 16.1. The van der Waals surface area contributed by atoms with Crippen molar-refractivity contribution in [1.82, 2.24) is 10.6 Å². The van der Waals surface area contributed by atoms with Crippen molar-refractivity contribution in [2.75, 3.05) is 14.2 Å². The molecule has 0 saturated heterocycles. The van der Waals surface area contributed by atoms with E-state index in [1.807, 2.05) is 36.4 Å². The Morgan fingerprint density at radius 2 is 1.20 bits per heavy atom. The molecular formula is C25H38Cl2N2O5Si. The van der Waals surface area contributed by atoms with Crippen LogP contribution in [0.1, 0.15) is 22.3 Å². The average molecular weight is 546 g/mol. The fourth-order valence-corrected chi connectivity index (χ4v) is 3.39. The Hall–Kier alpha value is -1.94. The predicted molar refractivity (Wildman–Crippen MR) is 146 cm³/mol. The molecule has 0 amide bonds. The lowest BCUT2D eigenvalue weighted by atomic mass is 9.96. The molecule has 10 heteroatoms. The number of nitrogens with one attached hydrogen (secondary N) is 2. The summed E-state index contributed by atoms with van der Waals surface area (Å²) in [5, 5.41) is 21.9. The number of halogens is 2. The summed E-state index contributed by atoms with van der Waals surface area (Å²) >= 11 is 5.67. The van der Waals surface area contributed by atoms with Gasteiger partial charge >= 0.3 is 11.9 Å². The van der Waals surface area contributed by atoms with Crippen molar-refractivity contribution in [1.29, 1.82) is 0 Å². The van der Waals surface area contributed by atoms with Crippen LogP contribution in [0.5, 0.6) is 0 Å². The third-order valence-electron chi connectivity index (χ3n) is 4.95. The van der Waals surface area contributed by atoms with Gasteiger partial charge in [-0.2, -0.15) is 11.1 Å². The number of carbonyl (C=O) groups excluding carboxylic acids is 1. The monoisotopic (exact) mass is 544 g/mol. The van der Waals surface area contributed by atoms with Crippen LogP contribution < -0.4 is 10.6 Å². The van der Waals surface area contributed by atoms with E-state index < -0.39 is 19.4 Å². The molecule has 0 fully saturated rings. The minimum Gasteiger partial charge on any atom is -0.480 e. The average Bonchev–Trinajstić information content (AvgIpc) is 2.83. The highest BCUT2D eigenvalue weighted by atomic mass is 35.6. The standard InChI is InChI=1S/C11H13NO2.C10H11NO2.C3H9ClSi.CH4O.ClH/c1-14-11(13)10-6-8-4-2-3-5-9(8)7-12-10;12-10(13)9-5-7-3-1-2-4-8(7)6-11-9;1-5(2,3)4;1-2;/h2-5,10,12H,6-7H2,1H3;1-4,9,11H,5-6H2,(H,12,13);1-3H3;2H,1H3;1H/t10-;9-;;;/m00.../s1. The van der Waals surface area contributed by atoms with Crippen LogP contribution in [0.3, 0.4) is 0 Å². The number of esters is 1. The van der Waals surface area contributed by atoms with E-state index in [0.717, 1.165) is 25.6 Å². The van der Waals surface area contributed by atoms with E-state index in [9.17, 15) is 9.59 Å². The Labute approximate surface area is 220 Å². The van der Waals surface area contributed by atoms with Gasteiger partial charge in [-0.05, 0) is 35.1 Å². The van der Waals surface area contributed by atoms with Crippen molar-refractivity contribution >= 4 is 42.8 Å². The molecule has 2 heterocycles. The highest BCUT2D eigenvalue weighted by Gasteiger charge is 2.24. The van der Waals surface area contributed by atoms with Crippen LogP contribution in [-0.4, -0.2) is 55.8 Å². The summed E-state index contributed by atoms with van der Waals surface area (Å²) < 4.78 is 4.70. The van der Waals surface area contributed by atoms with E-state index in [1.54, 1.807) is 0 Å². The number of carbonyl (C=O) groups is 2. The van der Waals surface area contributed by atoms with Gasteiger partial charge in [-0.15, -0.1) is 12.4 Å². The van der Waals surface area contributed by atoms with Crippen LogP contribution in [-0.2, 0) is 40.3 Å². The molecule has 2 aliphatic rings. The maximum atomic E-state index is 11.3. The first-order valence-corrected chi connectivity index (χ1v) is 15.6. The van der Waals surface area contributed by atoms with E-state index >= 15 is 0 Å². The number of aliphatic hydroxyl groups excluding tert-OH is 1. The van der Waals surface area contributed by atoms with Gasteiger partial charge in [-0.25, -0.2) is 0 Å². The van der Waals surface area contributed by atoms with Crippen molar-refractivity contribution in [3.63, 3.8) is 0 Å². The molecule has 0 bridgehead atoms. The van der Waals surface area contributed by atoms with E-state index in [-0.39, 0.29) is 24.4 Å². The summed E-state index contributed by atoms with van der Waals surface area (Å²) in [6, 6.07) is 15.5. The van der Waals surface area contributed by atoms with E-state index in [0.29, 0.717) is 13.0 Å². The minimum atomic E-state index is -1.14. The van der Waals surface area contributed by atoms with Gasteiger partial charge < -0.3 is 25.6 Å². The highest BCUT2D eigenvalue weighted by Crippen LogP contribution is 2.17. The molecule has 35 heavy (non-hydrogen) atoms. The van der Waals surface area contributed by atoms with Crippen LogP contribution in [0.25, 0.3) is 0 Å². The lowest BCUT2D eigenvalue weighted by Gasteiger charge is -2.23. The molecular weight excluding hydrogens is 507 g/mol. The summed E-state index contributed by atoms with van der Waals surface area (Å²) in [5.74, 6) is -0.950. The Kier molecular flexibility index (Phi) is 15.8. The number of carboxylic acids is 1. The number of hydrogen-bond donors (Lipinski definition) is 4. The Balaban J connectivity index is 0.000000515. The smallest absolute Gasteiger partial charge is 0.323 e. The van der Waals surface area contributed by atoms with E-state index in [2.05, 4.69) is 42.4 Å². The second-order valence-corrected chi connectivity index (χ2v) is 16.3. The van der Waals surface area contributed by atoms with E-state index in [1.165, 1.54) is 23.8 Å². The molecule has 0 radical (unpaired) electrons. The maximum Gasteiger partial charge on any atom is 0.323 e. The summed E-state index contributed by atoms with van der Waals surface area (Å²) in [5.41, 5.74) is 4.86. The first-order valence-electron chi connectivity index (χ1n) is 11.1. The van der Waals surface area contributed by atoms with Crippen molar-refractivity contribution in [2.45, 2.75) is 57.7 Å². The van der Waals surface area contributed by atoms with Crippen LogP contribution >= 0.6 is 23.5 Å². The fourth-order valence-electron chi connectivity index (χ4n) is 3.39. The van der Waals surface area contributed by atoms with Crippen LogP contribution in [0.15, 0.2) is 48.5 Å². The Morgan fingerprint density at radius 3 is 1.57 bits per heavy atom. The summed E-state index contributed by atoms with van der Waals surface area (Å²) in [6.45, 7) is 7.68. The number of aliphatic hydroxyl groups is 1. The summed E-state index contributed by atoms with van der Waals surface area (Å²) in [6.07, 6.45) is 1.31. The molecule has 2 aliphatic heterocycles. The molecule has 0 unspecified atom stereocenters. The number of benzene rings is 2. The fraction of sp³-hybridized carbons (Fsp3) is 0.440. The van der Waals surface area contributed by atoms with Gasteiger partial charge in [0.05, 0.1) is 7.11 Å². The molecule has 0 saturated carbocycles. The highest BCUT2D eigenvalue weighted by molar-refractivity contribution is 7.18. The number of carboxylic acid groups (broad SMARTS) is 1. The van der Waals surface area contributed by atoms with Crippen LogP contribution in [0.4, 0.5) is 0 Å². The molecule has 0 aromatic heterocycles. The van der Waals surface area contributed by atoms with Gasteiger partial charge in [0, 0.05) is 20.2 Å². The van der Waals surface area contributed by atoms with Gasteiger partial charge in [0.15, 0.2) is 0 Å². The molecule has 2 atom stereocenters. The third-order valence-corrected chi connectivity index (χ3v) is 4.95. The van der Waals surface area contributed by atoms with Gasteiger partial charge in [-0.1, -0.05) is 68.2 Å². The zero-order valence-corrected chi connectivity index (χ0v) is 23.6. The molecule has 7 nitrogen and oxygen atoms in total. The van der Waals surface area contributed by atoms with Gasteiger partial charge in [0.25, 0.3) is 0 Å². The molecule has 0 spiro atoms. The van der Waals surface area contributed by atoms with Crippen molar-refractivity contribution in [2.24, 2.45) is 0 Å². The largest absolute Gasteiger partial charge is 0.480 e. The van der Waals surface area contributed by atoms with Crippen molar-refractivity contribution < 1.29 is 24.5 Å². The number of rotatable bonds is 2. The predicted octanol–water partition coefficient (Wildman–Crippen LogP) is 3.75. The zero-order chi connectivity index (χ0) is 25.7. The van der Waals surface area contributed by atoms with Crippen molar-refractivity contribution in [3.05, 3.63) is 70.8 Å². The first kappa shape index (κ1) is 33.1. The molecule has 0 aliphatic carbocycles. The van der Waals surface area contributed by atoms with Gasteiger partial charge in [0.2, 0.25) is 0 Å². The summed E-state index contributed by atoms with van der Waals surface area (Å²) in [4.78, 5) is 22.0. The zero-order valence-electron chi connectivity index (χ0n) is 21.0. The minimum absolute atomic E-state index is 0. The van der Waals surface area contributed by atoms with E-state index in [4.69, 9.17) is 26.0 Å². The molecule has 4 rings (SSSR count). The topological polar surface area (TPSA) is 108 Å². The van der Waals surface area contributed by atoms with Crippen molar-refractivity contribution in [3.8, 4) is 0 Å². The summed E-state index contributed by atoms with van der Waals surface area (Å²) in [7, 11) is 1.28. The number of ether oxygens (including phenoxy) is 1. The van der Waals surface area contributed by atoms with Crippen LogP contribution in [0.2, 0.25) is 19.6 Å². The van der Waals surface area contributed by atoms with Gasteiger partial charge in [0.1, 0.15) is 19.5 Å². The second-order valence-electron chi connectivity index (χ2n) is 8.74. The lowest BCUT2D eigenvalue weighted by Crippen LogP contribution is -2.42. The van der Waals surface area contributed by atoms with Gasteiger partial charge in [-0.3, -0.25) is 9.59 Å². The Bertz CT molecular complexity index is 919. The molecule has 196 valence electrons. The number of hydrogen-bond acceptors (Lipinski definition) is 6. The SMILES string of the molecule is CO.COC(=O)[C@@H]1Cc2ccccc2CN1.C[Si](C)(C)Cl.Cl.O=C(O)[C@@H]1Cc2ccccc2CN1. The maximum absolute atomic E-state index is 11.3. The second kappa shape index (κ2) is 16.7. The lowest BCUT2D eigenvalue weighted by molar-refractivity contribution is -0.143. The third kappa shape index (κ3) is 12.5. The number of methoxy groups -OCH3 is 1. The van der Waals surface area contributed by atoms with Crippen LogP contribution in [0, 0.1) is 0 Å².